The number of aromatic nitrogens is 6. The highest BCUT2D eigenvalue weighted by Gasteiger charge is 2.05. The molecule has 0 saturated heterocycles. The second-order valence-corrected chi connectivity index (χ2v) is 9.17. The molecule has 0 aromatic carbocycles. The molecule has 0 fully saturated rings. The maximum atomic E-state index is 5.85. The minimum Gasteiger partial charge on any atom is -0.245 e. The Morgan fingerprint density at radius 2 is 0.525 bits per heavy atom. The Balaban J connectivity index is 1.76. The summed E-state index contributed by atoms with van der Waals surface area (Å²) < 4.78 is 0. The number of terminal acetylenes is 2. The number of rotatable bonds is 0. The number of hydrogen-bond acceptors (Lipinski definition) is 6. The summed E-state index contributed by atoms with van der Waals surface area (Å²) in [5.74, 6) is 5.47. The van der Waals surface area contributed by atoms with Gasteiger partial charge in [-0.1, -0.05) is 36.1 Å². The highest BCUT2D eigenvalue weighted by Crippen LogP contribution is 2.21. The van der Waals surface area contributed by atoms with E-state index in [0.717, 1.165) is 11.0 Å². The van der Waals surface area contributed by atoms with Crippen molar-refractivity contribution in [2.75, 3.05) is 0 Å². The lowest BCUT2D eigenvalue weighted by Crippen LogP contribution is -1.89. The van der Waals surface area contributed by atoms with Gasteiger partial charge in [0.1, 0.15) is 0 Å². The van der Waals surface area contributed by atoms with Crippen molar-refractivity contribution in [1.29, 1.82) is 0 Å². The van der Waals surface area contributed by atoms with Gasteiger partial charge < -0.3 is 0 Å². The van der Waals surface area contributed by atoms with E-state index in [1.54, 1.807) is 0 Å². The number of nitrogens with zero attached hydrogens (tertiary/aromatic N) is 6. The van der Waals surface area contributed by atoms with E-state index in [2.05, 4.69) is 11.8 Å². The van der Waals surface area contributed by atoms with Gasteiger partial charge in [-0.25, -0.2) is 29.9 Å². The van der Waals surface area contributed by atoms with Crippen molar-refractivity contribution in [3.63, 3.8) is 0 Å². The largest absolute Gasteiger partial charge is 0.245 e. The van der Waals surface area contributed by atoms with Gasteiger partial charge in [-0.2, -0.15) is 0 Å². The number of fused-ring (bicyclic) bond motifs is 18. The second kappa shape index (κ2) is 9.40. The summed E-state index contributed by atoms with van der Waals surface area (Å²) in [4.78, 5) is 29.4. The monoisotopic (exact) mass is 510 g/mol. The van der Waals surface area contributed by atoms with E-state index in [9.17, 15) is 0 Å². The Labute approximate surface area is 228 Å². The molecule has 6 nitrogen and oxygen atoms in total. The molecular formula is C34H18N6. The molecule has 7 rings (SSSR count). The Kier molecular flexibility index (Phi) is 5.44. The molecular weight excluding hydrogens is 492 g/mol. The van der Waals surface area contributed by atoms with Crippen LogP contribution in [0.15, 0.2) is 97.1 Å². The van der Waals surface area contributed by atoms with Crippen LogP contribution in [-0.2, 0) is 0 Å². The van der Waals surface area contributed by atoms with Gasteiger partial charge in [-0.15, -0.1) is 12.8 Å². The summed E-state index contributed by atoms with van der Waals surface area (Å²) in [6, 6.07) is 30.4. The van der Waals surface area contributed by atoms with Crippen molar-refractivity contribution in [3.8, 4) is 24.7 Å². The third-order valence-corrected chi connectivity index (χ3v) is 6.55. The first kappa shape index (κ1) is 23.2. The molecule has 0 amide bonds. The Hall–Kier alpha value is -5.98. The maximum absolute atomic E-state index is 5.85. The van der Waals surface area contributed by atoms with Crippen molar-refractivity contribution in [1.82, 2.24) is 29.9 Å². The second-order valence-electron chi connectivity index (χ2n) is 9.17. The molecule has 40 heavy (non-hydrogen) atoms. The zero-order valence-electron chi connectivity index (χ0n) is 21.1. The van der Waals surface area contributed by atoms with Gasteiger partial charge in [0.25, 0.3) is 0 Å². The lowest BCUT2D eigenvalue weighted by atomic mass is 10.1. The van der Waals surface area contributed by atoms with Gasteiger partial charge in [-0.05, 0) is 72.8 Å². The smallest absolute Gasteiger partial charge is 0.0907 e. The topological polar surface area (TPSA) is 77.3 Å². The minimum absolute atomic E-state index is 0.586. The molecule has 0 unspecified atom stereocenters. The first-order chi connectivity index (χ1) is 19.7. The SMILES string of the molecule is C#Cc1cc2nc(c1)c1cc(C#C)cc(n1)c1cccc(n1)c1cccc(n1)c1cccc(n1)c1cccc2n1. The highest BCUT2D eigenvalue weighted by atomic mass is 14.8. The molecule has 12 bridgehead atoms. The van der Waals surface area contributed by atoms with E-state index in [1.165, 1.54) is 0 Å². The zero-order chi connectivity index (χ0) is 27.1. The molecule has 0 aliphatic rings. The van der Waals surface area contributed by atoms with Gasteiger partial charge in [0, 0.05) is 11.1 Å². The zero-order valence-corrected chi connectivity index (χ0v) is 21.1. The van der Waals surface area contributed by atoms with Crippen LogP contribution in [0.25, 0.3) is 66.2 Å². The normalized spacial score (nSPS) is 10.9. The van der Waals surface area contributed by atoms with Crippen LogP contribution in [0.2, 0.25) is 0 Å². The number of pyridine rings is 6. The molecule has 6 heteroatoms. The summed E-state index contributed by atoms with van der Waals surface area (Å²) in [6.07, 6.45) is 11.7. The summed E-state index contributed by atoms with van der Waals surface area (Å²) >= 11 is 0. The quantitative estimate of drug-likeness (QED) is 0.213. The average Bonchev–Trinajstić information content (AvgIpc) is 3.04. The molecule has 184 valence electrons. The predicted octanol–water partition coefficient (Wildman–Crippen LogP) is 6.63. The van der Waals surface area contributed by atoms with Crippen LogP contribution in [0, 0.1) is 24.7 Å². The maximum Gasteiger partial charge on any atom is 0.0907 e. The summed E-state index contributed by atoms with van der Waals surface area (Å²) in [7, 11) is 0. The van der Waals surface area contributed by atoms with Crippen LogP contribution in [0.4, 0.5) is 0 Å². The van der Waals surface area contributed by atoms with Crippen LogP contribution in [0.1, 0.15) is 11.1 Å². The van der Waals surface area contributed by atoms with E-state index >= 15 is 0 Å². The Morgan fingerprint density at radius 3 is 0.775 bits per heavy atom. The van der Waals surface area contributed by atoms with E-state index in [4.69, 9.17) is 42.8 Å². The van der Waals surface area contributed by atoms with Crippen molar-refractivity contribution in [2.24, 2.45) is 0 Å². The molecule has 0 radical (unpaired) electrons. The van der Waals surface area contributed by atoms with Gasteiger partial charge in [0.05, 0.1) is 66.2 Å². The lowest BCUT2D eigenvalue weighted by Gasteiger charge is -2.02. The van der Waals surface area contributed by atoms with Crippen LogP contribution in [0.5, 0.6) is 0 Å². The van der Waals surface area contributed by atoms with Crippen molar-refractivity contribution in [3.05, 3.63) is 108 Å². The Morgan fingerprint density at radius 1 is 0.325 bits per heavy atom. The van der Waals surface area contributed by atoms with Crippen LogP contribution in [-0.4, -0.2) is 29.9 Å². The Bertz CT molecular complexity index is 2200. The van der Waals surface area contributed by atoms with E-state index in [1.807, 2.05) is 97.1 Å². The van der Waals surface area contributed by atoms with Crippen molar-refractivity contribution in [2.45, 2.75) is 0 Å². The summed E-state index contributed by atoms with van der Waals surface area (Å²) in [5.41, 5.74) is 9.33. The third-order valence-electron chi connectivity index (χ3n) is 6.55. The van der Waals surface area contributed by atoms with Gasteiger partial charge in [0.2, 0.25) is 0 Å². The van der Waals surface area contributed by atoms with Crippen molar-refractivity contribution < 1.29 is 0 Å². The van der Waals surface area contributed by atoms with E-state index < -0.39 is 0 Å². The molecule has 0 saturated carbocycles. The van der Waals surface area contributed by atoms with Crippen LogP contribution >= 0.6 is 0 Å². The fourth-order valence-electron chi connectivity index (χ4n) is 4.63. The van der Waals surface area contributed by atoms with Crippen LogP contribution in [0.3, 0.4) is 0 Å². The minimum atomic E-state index is 0.586. The molecule has 0 N–H and O–H groups in total. The van der Waals surface area contributed by atoms with Gasteiger partial charge in [0.15, 0.2) is 0 Å². The molecule has 7 heterocycles. The first-order valence-electron chi connectivity index (χ1n) is 12.5. The van der Waals surface area contributed by atoms with E-state index in [-0.39, 0.29) is 0 Å². The van der Waals surface area contributed by atoms with Gasteiger partial charge in [-0.3, -0.25) is 0 Å². The molecule has 0 spiro atoms. The number of hydrogen-bond donors (Lipinski definition) is 0. The lowest BCUT2D eigenvalue weighted by molar-refractivity contribution is 1.38. The fraction of sp³-hybridized carbons (Fsp3) is 0. The van der Waals surface area contributed by atoms with E-state index in [0.29, 0.717) is 66.3 Å². The fourth-order valence-corrected chi connectivity index (χ4v) is 4.63. The van der Waals surface area contributed by atoms with Crippen molar-refractivity contribution >= 4 is 66.2 Å². The summed E-state index contributed by atoms with van der Waals surface area (Å²) in [5, 5.41) is 0. The molecule has 7 aromatic heterocycles. The molecule has 0 atom stereocenters. The average molecular weight is 511 g/mol. The molecule has 0 aliphatic carbocycles. The molecule has 7 aromatic rings. The molecule has 0 aliphatic heterocycles. The van der Waals surface area contributed by atoms with Gasteiger partial charge >= 0.3 is 0 Å². The predicted molar refractivity (Wildman–Crippen MR) is 161 cm³/mol. The standard InChI is InChI=1S/C34H18N6/c1-3-21-17-31-29-15-7-13-27(37-29)25-11-5-9-23(35-25)24-10-6-12-26(36-24)28-14-8-16-30(38-28)32-18-22(4-2)20-34(40-32)33(19-21)39-31/h1-2,5-20H. The first-order valence-corrected chi connectivity index (χ1v) is 12.5. The van der Waals surface area contributed by atoms with Crippen LogP contribution < -0.4 is 0 Å². The summed E-state index contributed by atoms with van der Waals surface area (Å²) in [6.45, 7) is 0. The third kappa shape index (κ3) is 4.16. The highest BCUT2D eigenvalue weighted by molar-refractivity contribution is 5.90.